The predicted octanol–water partition coefficient (Wildman–Crippen LogP) is 2.83. The third kappa shape index (κ3) is 4.02. The molecule has 2 aromatic carbocycles. The molecule has 1 unspecified atom stereocenters. The summed E-state index contributed by atoms with van der Waals surface area (Å²) in [5, 5.41) is 19.3. The highest BCUT2D eigenvalue weighted by atomic mass is 16.2. The van der Waals surface area contributed by atoms with Crippen LogP contribution in [0.2, 0.25) is 0 Å². The number of carbonyl (C=O) groups excluding carboxylic acids is 2. The number of nitrogens with zero attached hydrogens (tertiary/aromatic N) is 3. The molecule has 0 saturated carbocycles. The third-order valence-corrected chi connectivity index (χ3v) is 3.84. The number of carbonyl (C=O) groups is 2. The number of amides is 2. The van der Waals surface area contributed by atoms with Crippen LogP contribution >= 0.6 is 0 Å². The maximum Gasteiger partial charge on any atom is 0.252 e. The van der Waals surface area contributed by atoms with E-state index in [4.69, 9.17) is 0 Å². The summed E-state index contributed by atoms with van der Waals surface area (Å²) in [7, 11) is 0. The highest BCUT2D eigenvalue weighted by Crippen LogP contribution is 2.26. The molecule has 0 aliphatic carbocycles. The number of nitriles is 1. The minimum absolute atomic E-state index is 0.306. The van der Waals surface area contributed by atoms with E-state index < -0.39 is 6.04 Å². The Kier molecular flexibility index (Phi) is 5.28. The average molecular weight is 359 g/mol. The summed E-state index contributed by atoms with van der Waals surface area (Å²) in [6.07, 6.45) is 1.47. The van der Waals surface area contributed by atoms with Gasteiger partial charge in [-0.1, -0.05) is 36.4 Å². The standard InChI is InChI=1S/C20H17N5O2/c1-14(26)23-19-17(13-22-25(19)16-10-6-3-7-11-16)18(12-21)24-20(27)15-8-4-2-5-9-15/h2-11,13,18H,1H3,(H,23,26)(H,24,27). The van der Waals surface area contributed by atoms with Crippen molar-refractivity contribution in [3.63, 3.8) is 0 Å². The Morgan fingerprint density at radius 2 is 1.70 bits per heavy atom. The summed E-state index contributed by atoms with van der Waals surface area (Å²) in [5.74, 6) is -0.350. The number of para-hydroxylation sites is 1. The van der Waals surface area contributed by atoms with Crippen molar-refractivity contribution in [2.75, 3.05) is 5.32 Å². The number of benzene rings is 2. The highest BCUT2D eigenvalue weighted by Gasteiger charge is 2.23. The van der Waals surface area contributed by atoms with Gasteiger partial charge in [0, 0.05) is 12.5 Å². The van der Waals surface area contributed by atoms with Crippen molar-refractivity contribution in [3.05, 3.63) is 78.0 Å². The first kappa shape index (κ1) is 17.9. The van der Waals surface area contributed by atoms with Crippen LogP contribution < -0.4 is 10.6 Å². The molecule has 2 N–H and O–H groups in total. The Labute approximate surface area is 156 Å². The zero-order chi connectivity index (χ0) is 19.2. The molecule has 1 aromatic heterocycles. The van der Waals surface area contributed by atoms with Crippen LogP contribution in [0.1, 0.15) is 28.9 Å². The molecule has 3 aromatic rings. The Morgan fingerprint density at radius 1 is 1.07 bits per heavy atom. The fourth-order valence-electron chi connectivity index (χ4n) is 2.61. The molecule has 1 atom stereocenters. The van der Waals surface area contributed by atoms with Crippen LogP contribution in [0.25, 0.3) is 5.69 Å². The molecule has 27 heavy (non-hydrogen) atoms. The molecule has 1 heterocycles. The molecule has 3 rings (SSSR count). The van der Waals surface area contributed by atoms with Gasteiger partial charge in [-0.3, -0.25) is 9.59 Å². The monoisotopic (exact) mass is 359 g/mol. The maximum absolute atomic E-state index is 12.4. The highest BCUT2D eigenvalue weighted by molar-refractivity contribution is 5.95. The summed E-state index contributed by atoms with van der Waals surface area (Å²) in [6.45, 7) is 1.37. The van der Waals surface area contributed by atoms with E-state index in [0.717, 1.165) is 5.69 Å². The molecule has 0 saturated heterocycles. The van der Waals surface area contributed by atoms with E-state index in [9.17, 15) is 14.9 Å². The lowest BCUT2D eigenvalue weighted by molar-refractivity contribution is -0.114. The van der Waals surface area contributed by atoms with Gasteiger partial charge in [0.05, 0.1) is 23.5 Å². The van der Waals surface area contributed by atoms with Gasteiger partial charge in [0.1, 0.15) is 11.9 Å². The number of hydrogen-bond acceptors (Lipinski definition) is 4. The van der Waals surface area contributed by atoms with E-state index in [0.29, 0.717) is 16.9 Å². The SMILES string of the molecule is CC(=O)Nc1c(C(C#N)NC(=O)c2ccccc2)cnn1-c1ccccc1. The minimum Gasteiger partial charge on any atom is -0.332 e. The lowest BCUT2D eigenvalue weighted by Gasteiger charge is -2.14. The molecule has 2 amide bonds. The first-order chi connectivity index (χ1) is 13.1. The van der Waals surface area contributed by atoms with E-state index in [2.05, 4.69) is 21.8 Å². The summed E-state index contributed by atoms with van der Waals surface area (Å²) in [4.78, 5) is 24.1. The Balaban J connectivity index is 1.96. The number of rotatable bonds is 5. The lowest BCUT2D eigenvalue weighted by atomic mass is 10.1. The van der Waals surface area contributed by atoms with Gasteiger partial charge in [-0.2, -0.15) is 10.4 Å². The van der Waals surface area contributed by atoms with Crippen LogP contribution in [-0.2, 0) is 4.79 Å². The fraction of sp³-hybridized carbons (Fsp3) is 0.100. The van der Waals surface area contributed by atoms with Crippen LogP contribution in [0.3, 0.4) is 0 Å². The minimum atomic E-state index is -0.975. The van der Waals surface area contributed by atoms with Gasteiger partial charge in [0.2, 0.25) is 5.91 Å². The zero-order valence-electron chi connectivity index (χ0n) is 14.6. The summed E-state index contributed by atoms with van der Waals surface area (Å²) in [6, 6.07) is 18.9. The molecule has 0 spiro atoms. The smallest absolute Gasteiger partial charge is 0.252 e. The fourth-order valence-corrected chi connectivity index (χ4v) is 2.61. The van der Waals surface area contributed by atoms with Crippen LogP contribution in [0, 0.1) is 11.3 Å². The first-order valence-corrected chi connectivity index (χ1v) is 8.26. The van der Waals surface area contributed by atoms with E-state index in [1.165, 1.54) is 17.8 Å². The molecule has 0 bridgehead atoms. The van der Waals surface area contributed by atoms with Crippen LogP contribution in [-0.4, -0.2) is 21.6 Å². The lowest BCUT2D eigenvalue weighted by Crippen LogP contribution is -2.28. The van der Waals surface area contributed by atoms with Gasteiger partial charge >= 0.3 is 0 Å². The molecule has 134 valence electrons. The van der Waals surface area contributed by atoms with Gasteiger partial charge < -0.3 is 10.6 Å². The van der Waals surface area contributed by atoms with Crippen molar-refractivity contribution in [3.8, 4) is 11.8 Å². The van der Waals surface area contributed by atoms with Crippen molar-refractivity contribution in [2.45, 2.75) is 13.0 Å². The molecule has 0 fully saturated rings. The summed E-state index contributed by atoms with van der Waals surface area (Å²) < 4.78 is 1.52. The maximum atomic E-state index is 12.4. The second-order valence-corrected chi connectivity index (χ2v) is 5.78. The van der Waals surface area contributed by atoms with Gasteiger partial charge in [0.25, 0.3) is 5.91 Å². The Morgan fingerprint density at radius 3 is 2.30 bits per heavy atom. The van der Waals surface area contributed by atoms with E-state index in [1.54, 1.807) is 30.3 Å². The number of aromatic nitrogens is 2. The largest absolute Gasteiger partial charge is 0.332 e. The van der Waals surface area contributed by atoms with Gasteiger partial charge in [-0.15, -0.1) is 0 Å². The van der Waals surface area contributed by atoms with Gasteiger partial charge in [0.15, 0.2) is 0 Å². The molecule has 0 aliphatic rings. The van der Waals surface area contributed by atoms with Crippen molar-refractivity contribution < 1.29 is 9.59 Å². The predicted molar refractivity (Wildman–Crippen MR) is 100 cm³/mol. The van der Waals surface area contributed by atoms with E-state index in [-0.39, 0.29) is 11.8 Å². The molecular formula is C20H17N5O2. The summed E-state index contributed by atoms with van der Waals surface area (Å²) in [5.41, 5.74) is 1.56. The van der Waals surface area contributed by atoms with Crippen LogP contribution in [0.15, 0.2) is 66.9 Å². The van der Waals surface area contributed by atoms with Crippen molar-refractivity contribution in [2.24, 2.45) is 0 Å². The van der Waals surface area contributed by atoms with E-state index >= 15 is 0 Å². The quantitative estimate of drug-likeness (QED) is 0.731. The average Bonchev–Trinajstić information content (AvgIpc) is 3.10. The van der Waals surface area contributed by atoms with Crippen molar-refractivity contribution >= 4 is 17.6 Å². The molecule has 7 nitrogen and oxygen atoms in total. The molecule has 0 aliphatic heterocycles. The number of hydrogen-bond donors (Lipinski definition) is 2. The Bertz CT molecular complexity index is 990. The first-order valence-electron chi connectivity index (χ1n) is 8.26. The molecule has 0 radical (unpaired) electrons. The van der Waals surface area contributed by atoms with E-state index in [1.807, 2.05) is 30.3 Å². The third-order valence-electron chi connectivity index (χ3n) is 3.84. The normalized spacial score (nSPS) is 11.3. The van der Waals surface area contributed by atoms with Crippen LogP contribution in [0.4, 0.5) is 5.82 Å². The summed E-state index contributed by atoms with van der Waals surface area (Å²) >= 11 is 0. The van der Waals surface area contributed by atoms with Crippen molar-refractivity contribution in [1.29, 1.82) is 5.26 Å². The van der Waals surface area contributed by atoms with Gasteiger partial charge in [-0.05, 0) is 24.3 Å². The zero-order valence-corrected chi connectivity index (χ0v) is 14.6. The van der Waals surface area contributed by atoms with Crippen LogP contribution in [0.5, 0.6) is 0 Å². The molecule has 7 heteroatoms. The second-order valence-electron chi connectivity index (χ2n) is 5.78. The topological polar surface area (TPSA) is 99.8 Å². The van der Waals surface area contributed by atoms with Crippen molar-refractivity contribution in [1.82, 2.24) is 15.1 Å². The second kappa shape index (κ2) is 7.97. The number of nitrogens with one attached hydrogen (secondary N) is 2. The number of anilines is 1. The Hall–Kier alpha value is -3.92. The molecular weight excluding hydrogens is 342 g/mol. The van der Waals surface area contributed by atoms with Gasteiger partial charge in [-0.25, -0.2) is 4.68 Å².